The molecule has 0 amide bonds. The van der Waals surface area contributed by atoms with Gasteiger partial charge in [0.1, 0.15) is 17.8 Å². The first-order valence-electron chi connectivity index (χ1n) is 8.32. The van der Waals surface area contributed by atoms with Crippen molar-refractivity contribution in [3.8, 4) is 5.75 Å². The van der Waals surface area contributed by atoms with Crippen molar-refractivity contribution in [2.45, 2.75) is 69.4 Å². The zero-order valence-electron chi connectivity index (χ0n) is 15.9. The van der Waals surface area contributed by atoms with Gasteiger partial charge in [-0.3, -0.25) is 0 Å². The van der Waals surface area contributed by atoms with Crippen molar-refractivity contribution in [3.05, 3.63) is 28.8 Å². The molecule has 1 N–H and O–H groups in total. The third-order valence-corrected chi connectivity index (χ3v) is 5.65. The molecule has 0 saturated heterocycles. The number of rotatable bonds is 9. The number of benzene rings is 1. The molecule has 27 heavy (non-hydrogen) atoms. The molecule has 0 bridgehead atoms. The Balaban J connectivity index is 3.04. The molecule has 2 nitrogen and oxygen atoms in total. The molecule has 1 rings (SSSR count). The van der Waals surface area contributed by atoms with Crippen LogP contribution in [0, 0.1) is 0 Å². The van der Waals surface area contributed by atoms with Crippen LogP contribution in [0.4, 0.5) is 22.0 Å². The Morgan fingerprint density at radius 3 is 1.67 bits per heavy atom. The van der Waals surface area contributed by atoms with E-state index in [4.69, 9.17) is 4.18 Å². The zero-order chi connectivity index (χ0) is 21.0. The molecule has 0 aromatic heterocycles. The predicted molar refractivity (Wildman–Crippen MR) is 106 cm³/mol. The molecule has 0 spiro atoms. The molecule has 0 heterocycles. The van der Waals surface area contributed by atoms with Crippen LogP contribution in [-0.2, 0) is 0 Å². The molecular weight excluding hydrogens is 425 g/mol. The zero-order valence-corrected chi connectivity index (χ0v) is 18.4. The minimum absolute atomic E-state index is 0.0389. The van der Waals surface area contributed by atoms with E-state index in [2.05, 4.69) is 0 Å². The largest absolute Gasteiger partial charge is 0.456 e. The minimum atomic E-state index is -4.64. The second-order valence-electron chi connectivity index (χ2n) is 6.86. The summed E-state index contributed by atoms with van der Waals surface area (Å²) < 4.78 is 67.4. The van der Waals surface area contributed by atoms with Gasteiger partial charge in [-0.25, -0.2) is 0 Å². The summed E-state index contributed by atoms with van der Waals surface area (Å²) in [4.78, 5) is 0. The van der Waals surface area contributed by atoms with E-state index in [0.717, 1.165) is 16.7 Å². The maximum Gasteiger partial charge on any atom is 0.456 e. The monoisotopic (exact) mass is 449 g/mol. The molecule has 0 fully saturated rings. The smallest absolute Gasteiger partial charge is 0.418 e. The fourth-order valence-corrected chi connectivity index (χ4v) is 4.06. The first-order valence-corrected chi connectivity index (χ1v) is 10.7. The summed E-state index contributed by atoms with van der Waals surface area (Å²) in [7, 11) is 0. The average Bonchev–Trinajstić information content (AvgIpc) is 2.50. The van der Waals surface area contributed by atoms with Gasteiger partial charge in [0.15, 0.2) is 0 Å². The lowest BCUT2D eigenvalue weighted by Crippen LogP contribution is -2.16. The van der Waals surface area contributed by atoms with Gasteiger partial charge in [0.2, 0.25) is 0 Å². The Labute approximate surface area is 170 Å². The molecule has 1 aromatic carbocycles. The Hall–Kier alpha value is -0.320. The normalized spacial score (nSPS) is 13.1. The summed E-state index contributed by atoms with van der Waals surface area (Å²) in [5, 5.41) is 0. The second kappa shape index (κ2) is 9.93. The lowest BCUT2D eigenvalue weighted by atomic mass is 9.88. The van der Waals surface area contributed by atoms with E-state index in [1.165, 1.54) is 0 Å². The SMILES string of the molecule is CC(C)c1cc(C(C)C)c(OSC(F)(F)SNSC(F)(F)F)c(C(C)C)c1. The predicted octanol–water partition coefficient (Wildman–Crippen LogP) is 8.04. The summed E-state index contributed by atoms with van der Waals surface area (Å²) >= 11 is -1.23. The van der Waals surface area contributed by atoms with Crippen LogP contribution in [0.2, 0.25) is 0 Å². The number of alkyl halides is 5. The van der Waals surface area contributed by atoms with Crippen molar-refractivity contribution in [1.82, 2.24) is 4.13 Å². The highest BCUT2D eigenvalue weighted by Gasteiger charge is 2.37. The van der Waals surface area contributed by atoms with Gasteiger partial charge in [0.05, 0.1) is 0 Å². The van der Waals surface area contributed by atoms with Crippen LogP contribution >= 0.6 is 35.9 Å². The van der Waals surface area contributed by atoms with Crippen LogP contribution in [-0.4, -0.2) is 10.1 Å². The van der Waals surface area contributed by atoms with Gasteiger partial charge in [0.25, 0.3) is 0 Å². The molecule has 0 aliphatic rings. The number of hydrogen-bond donors (Lipinski definition) is 1. The molecule has 0 unspecified atom stereocenters. The Kier molecular flexibility index (Phi) is 9.09. The van der Waals surface area contributed by atoms with Crippen molar-refractivity contribution in [2.75, 3.05) is 0 Å². The fraction of sp³-hybridized carbons (Fsp3) is 0.647. The van der Waals surface area contributed by atoms with Gasteiger partial charge in [-0.05, 0) is 34.4 Å². The first kappa shape index (κ1) is 24.7. The van der Waals surface area contributed by atoms with Crippen molar-refractivity contribution in [3.63, 3.8) is 0 Å². The number of halogens is 5. The van der Waals surface area contributed by atoms with E-state index >= 15 is 0 Å². The van der Waals surface area contributed by atoms with E-state index in [9.17, 15) is 22.0 Å². The van der Waals surface area contributed by atoms with Crippen LogP contribution < -0.4 is 8.31 Å². The Morgan fingerprint density at radius 1 is 0.815 bits per heavy atom. The second-order valence-corrected chi connectivity index (χ2v) is 10.0. The van der Waals surface area contributed by atoms with E-state index in [1.807, 2.05) is 53.7 Å². The standard InChI is InChI=1S/C17H24F5NOS3/c1-9(2)12-7-13(10(3)4)15(14(8-12)11(5)6)24-27-17(21,22)26-23-25-16(18,19)20/h7-11,23H,1-6H3. The summed E-state index contributed by atoms with van der Waals surface area (Å²) in [5.41, 5.74) is -1.95. The van der Waals surface area contributed by atoms with Crippen molar-refractivity contribution < 1.29 is 26.1 Å². The lowest BCUT2D eigenvalue weighted by Gasteiger charge is -2.23. The van der Waals surface area contributed by atoms with Crippen LogP contribution in [0.3, 0.4) is 0 Å². The van der Waals surface area contributed by atoms with Gasteiger partial charge >= 0.3 is 10.1 Å². The molecular formula is C17H24F5NOS3. The molecule has 0 saturated carbocycles. The lowest BCUT2D eigenvalue weighted by molar-refractivity contribution is -0.0331. The van der Waals surface area contributed by atoms with Crippen LogP contribution in [0.1, 0.15) is 76.0 Å². The summed E-state index contributed by atoms with van der Waals surface area (Å²) in [6.45, 7) is 11.9. The molecule has 10 heteroatoms. The van der Waals surface area contributed by atoms with Crippen molar-refractivity contribution in [2.24, 2.45) is 0 Å². The first-order chi connectivity index (χ1) is 12.2. The third-order valence-electron chi connectivity index (χ3n) is 3.62. The number of hydrogen-bond acceptors (Lipinski definition) is 5. The van der Waals surface area contributed by atoms with Crippen LogP contribution in [0.15, 0.2) is 12.1 Å². The highest BCUT2D eigenvalue weighted by Crippen LogP contribution is 2.46. The van der Waals surface area contributed by atoms with Gasteiger partial charge in [-0.2, -0.15) is 26.1 Å². The summed E-state index contributed by atoms with van der Waals surface area (Å²) in [6.07, 6.45) is 0. The number of nitrogens with one attached hydrogen (secondary N) is 1. The maximum atomic E-state index is 13.9. The minimum Gasteiger partial charge on any atom is -0.418 e. The Morgan fingerprint density at radius 2 is 1.30 bits per heavy atom. The molecule has 156 valence electrons. The van der Waals surface area contributed by atoms with Crippen LogP contribution in [0.25, 0.3) is 0 Å². The molecule has 0 radical (unpaired) electrons. The van der Waals surface area contributed by atoms with Gasteiger partial charge in [-0.1, -0.05) is 53.7 Å². The van der Waals surface area contributed by atoms with Crippen molar-refractivity contribution in [1.29, 1.82) is 0 Å². The fourth-order valence-electron chi connectivity index (χ4n) is 2.21. The van der Waals surface area contributed by atoms with Gasteiger partial charge in [-0.15, -0.1) is 0 Å². The van der Waals surface area contributed by atoms with Crippen molar-refractivity contribution >= 4 is 35.9 Å². The van der Waals surface area contributed by atoms with Gasteiger partial charge in [0, 0.05) is 23.9 Å². The molecule has 0 aliphatic carbocycles. The highest BCUT2D eigenvalue weighted by atomic mass is 32.2. The van der Waals surface area contributed by atoms with E-state index in [-0.39, 0.29) is 41.7 Å². The maximum absolute atomic E-state index is 13.9. The molecule has 0 atom stereocenters. The molecule has 0 aliphatic heterocycles. The Bertz CT molecular complexity index is 592. The summed E-state index contributed by atoms with van der Waals surface area (Å²) in [6, 6.07) is 3.89. The average molecular weight is 450 g/mol. The topological polar surface area (TPSA) is 21.3 Å². The van der Waals surface area contributed by atoms with Crippen LogP contribution in [0.5, 0.6) is 5.75 Å². The third kappa shape index (κ3) is 8.29. The molecule has 1 aromatic rings. The van der Waals surface area contributed by atoms with Gasteiger partial charge < -0.3 is 4.18 Å². The van der Waals surface area contributed by atoms with E-state index in [0.29, 0.717) is 5.75 Å². The van der Waals surface area contributed by atoms with E-state index in [1.54, 1.807) is 4.13 Å². The highest BCUT2D eigenvalue weighted by molar-refractivity contribution is 8.20. The summed E-state index contributed by atoms with van der Waals surface area (Å²) in [5.74, 6) is 0.703. The van der Waals surface area contributed by atoms with E-state index < -0.39 is 22.0 Å². The quantitative estimate of drug-likeness (QED) is 0.178.